The first-order valence-electron chi connectivity index (χ1n) is 2.44. The lowest BCUT2D eigenvalue weighted by molar-refractivity contribution is 0.468. The lowest BCUT2D eigenvalue weighted by atomic mass is 10.4. The lowest BCUT2D eigenvalue weighted by Crippen LogP contribution is -2.14. The summed E-state index contributed by atoms with van der Waals surface area (Å²) < 4.78 is 28.5. The van der Waals surface area contributed by atoms with E-state index in [2.05, 4.69) is 0 Å². The molecule has 0 aliphatic heterocycles. The SMILES string of the molecule is CCC(C)S(=O)(=O)O.F.F. The maximum absolute atomic E-state index is 10.1. The Bertz CT molecular complexity index is 154. The van der Waals surface area contributed by atoms with Gasteiger partial charge in [0.25, 0.3) is 10.1 Å². The highest BCUT2D eigenvalue weighted by Gasteiger charge is 2.13. The van der Waals surface area contributed by atoms with Crippen LogP contribution in [0, 0.1) is 0 Å². The van der Waals surface area contributed by atoms with E-state index in [9.17, 15) is 8.42 Å². The van der Waals surface area contributed by atoms with Gasteiger partial charge < -0.3 is 0 Å². The molecule has 0 aliphatic rings. The molecule has 6 heteroatoms. The molecular formula is C4H12F2O3S. The quantitative estimate of drug-likeness (QED) is 0.641. The van der Waals surface area contributed by atoms with E-state index in [1.165, 1.54) is 6.92 Å². The minimum absolute atomic E-state index is 0. The van der Waals surface area contributed by atoms with Gasteiger partial charge in [0.15, 0.2) is 0 Å². The maximum Gasteiger partial charge on any atom is 0.267 e. The second kappa shape index (κ2) is 5.55. The van der Waals surface area contributed by atoms with Crippen LogP contribution >= 0.6 is 0 Å². The van der Waals surface area contributed by atoms with E-state index in [0.717, 1.165) is 0 Å². The van der Waals surface area contributed by atoms with Gasteiger partial charge in [0.05, 0.1) is 5.25 Å². The minimum Gasteiger partial charge on any atom is -0.285 e. The average molecular weight is 178 g/mol. The zero-order valence-corrected chi connectivity index (χ0v) is 6.59. The summed E-state index contributed by atoms with van der Waals surface area (Å²) in [6.45, 7) is 3.17. The van der Waals surface area contributed by atoms with Crippen LogP contribution in [-0.4, -0.2) is 18.2 Å². The highest BCUT2D eigenvalue weighted by atomic mass is 32.2. The Morgan fingerprint density at radius 1 is 1.40 bits per heavy atom. The zero-order valence-electron chi connectivity index (χ0n) is 5.77. The van der Waals surface area contributed by atoms with Crippen LogP contribution < -0.4 is 0 Å². The van der Waals surface area contributed by atoms with Crippen LogP contribution in [-0.2, 0) is 10.1 Å². The molecule has 0 spiro atoms. The molecule has 0 heterocycles. The Balaban J connectivity index is -0.000000245. The Kier molecular flexibility index (Phi) is 9.09. The second-order valence-corrected chi connectivity index (χ2v) is 3.57. The molecule has 1 unspecified atom stereocenters. The van der Waals surface area contributed by atoms with E-state index < -0.39 is 15.4 Å². The van der Waals surface area contributed by atoms with E-state index in [0.29, 0.717) is 6.42 Å². The maximum atomic E-state index is 10.1. The largest absolute Gasteiger partial charge is 0.285 e. The van der Waals surface area contributed by atoms with Gasteiger partial charge in [-0.2, -0.15) is 8.42 Å². The third-order valence-corrected chi connectivity index (χ3v) is 2.43. The summed E-state index contributed by atoms with van der Waals surface area (Å²) in [6, 6.07) is 0. The molecule has 0 aliphatic carbocycles. The van der Waals surface area contributed by atoms with E-state index in [-0.39, 0.29) is 9.41 Å². The van der Waals surface area contributed by atoms with Crippen molar-refractivity contribution in [1.29, 1.82) is 0 Å². The average Bonchev–Trinajstić information content (AvgIpc) is 1.62. The first kappa shape index (κ1) is 16.4. The molecule has 66 valence electrons. The van der Waals surface area contributed by atoms with Gasteiger partial charge >= 0.3 is 0 Å². The number of hydrogen-bond donors (Lipinski definition) is 1. The van der Waals surface area contributed by atoms with Crippen LogP contribution in [0.15, 0.2) is 0 Å². The van der Waals surface area contributed by atoms with Gasteiger partial charge in [-0.05, 0) is 13.3 Å². The van der Waals surface area contributed by atoms with Gasteiger partial charge in [-0.3, -0.25) is 14.0 Å². The second-order valence-electron chi connectivity index (χ2n) is 1.73. The standard InChI is InChI=1S/C4H10O3S.2FH/c1-3-4(2)8(5,6)7;;/h4H,3H2,1-2H3,(H,5,6,7);2*1H. The summed E-state index contributed by atoms with van der Waals surface area (Å²) in [4.78, 5) is 0. The molecule has 0 amide bonds. The van der Waals surface area contributed by atoms with Crippen LogP contribution in [0.4, 0.5) is 9.41 Å². The van der Waals surface area contributed by atoms with Crippen LogP contribution in [0.2, 0.25) is 0 Å². The number of halogens is 2. The molecule has 0 rings (SSSR count). The molecule has 0 aromatic carbocycles. The molecule has 0 aromatic rings. The molecular weight excluding hydrogens is 166 g/mol. The van der Waals surface area contributed by atoms with Crippen molar-refractivity contribution in [2.24, 2.45) is 0 Å². The smallest absolute Gasteiger partial charge is 0.267 e. The predicted octanol–water partition coefficient (Wildman–Crippen LogP) is 0.978. The number of rotatable bonds is 2. The van der Waals surface area contributed by atoms with E-state index >= 15 is 0 Å². The van der Waals surface area contributed by atoms with Gasteiger partial charge in [-0.15, -0.1) is 0 Å². The van der Waals surface area contributed by atoms with Crippen molar-refractivity contribution in [2.45, 2.75) is 25.5 Å². The van der Waals surface area contributed by atoms with Gasteiger partial charge in [0.1, 0.15) is 0 Å². The highest BCUT2D eigenvalue weighted by Crippen LogP contribution is 1.99. The minimum atomic E-state index is -3.75. The highest BCUT2D eigenvalue weighted by molar-refractivity contribution is 7.86. The van der Waals surface area contributed by atoms with Gasteiger partial charge in [-0.25, -0.2) is 0 Å². The van der Waals surface area contributed by atoms with Crippen LogP contribution in [0.3, 0.4) is 0 Å². The first-order valence-corrected chi connectivity index (χ1v) is 3.95. The summed E-state index contributed by atoms with van der Waals surface area (Å²) in [5.41, 5.74) is 0. The van der Waals surface area contributed by atoms with Crippen molar-refractivity contribution in [1.82, 2.24) is 0 Å². The third kappa shape index (κ3) is 5.90. The first-order chi connectivity index (χ1) is 3.48. The van der Waals surface area contributed by atoms with Crippen LogP contribution in [0.25, 0.3) is 0 Å². The van der Waals surface area contributed by atoms with Gasteiger partial charge in [-0.1, -0.05) is 6.92 Å². The third-order valence-electron chi connectivity index (χ3n) is 1.08. The van der Waals surface area contributed by atoms with E-state index in [1.807, 2.05) is 0 Å². The molecule has 0 aromatic heterocycles. The molecule has 1 atom stereocenters. The monoisotopic (exact) mass is 178 g/mol. The fourth-order valence-electron chi connectivity index (χ4n) is 0.211. The molecule has 0 radical (unpaired) electrons. The van der Waals surface area contributed by atoms with Crippen molar-refractivity contribution in [3.05, 3.63) is 0 Å². The van der Waals surface area contributed by atoms with Gasteiger partial charge in [0.2, 0.25) is 0 Å². The lowest BCUT2D eigenvalue weighted by Gasteiger charge is -2.00. The predicted molar refractivity (Wildman–Crippen MR) is 36.3 cm³/mol. The van der Waals surface area contributed by atoms with Crippen LogP contribution in [0.5, 0.6) is 0 Å². The zero-order chi connectivity index (χ0) is 6.78. The van der Waals surface area contributed by atoms with Gasteiger partial charge in [0, 0.05) is 0 Å². The number of hydrogen-bond acceptors (Lipinski definition) is 2. The molecule has 0 saturated carbocycles. The molecule has 0 fully saturated rings. The molecule has 0 saturated heterocycles. The van der Waals surface area contributed by atoms with Crippen LogP contribution in [0.1, 0.15) is 20.3 Å². The van der Waals surface area contributed by atoms with Crippen molar-refractivity contribution in [2.75, 3.05) is 0 Å². The van der Waals surface area contributed by atoms with Crippen molar-refractivity contribution < 1.29 is 22.4 Å². The molecule has 3 nitrogen and oxygen atoms in total. The van der Waals surface area contributed by atoms with E-state index in [4.69, 9.17) is 4.55 Å². The van der Waals surface area contributed by atoms with Crippen molar-refractivity contribution in [3.63, 3.8) is 0 Å². The molecule has 0 bridgehead atoms. The molecule has 1 N–H and O–H groups in total. The van der Waals surface area contributed by atoms with Crippen molar-refractivity contribution in [3.8, 4) is 0 Å². The fraction of sp³-hybridized carbons (Fsp3) is 1.00. The Morgan fingerprint density at radius 2 is 1.70 bits per heavy atom. The summed E-state index contributed by atoms with van der Waals surface area (Å²) in [5, 5.41) is -0.623. The fourth-order valence-corrected chi connectivity index (χ4v) is 0.632. The van der Waals surface area contributed by atoms with Crippen molar-refractivity contribution >= 4 is 10.1 Å². The summed E-state index contributed by atoms with van der Waals surface area (Å²) >= 11 is 0. The molecule has 10 heavy (non-hydrogen) atoms. The Hall–Kier alpha value is -0.230. The topological polar surface area (TPSA) is 54.4 Å². The van der Waals surface area contributed by atoms with E-state index in [1.54, 1.807) is 6.92 Å². The summed E-state index contributed by atoms with van der Waals surface area (Å²) in [6.07, 6.45) is 0.457. The summed E-state index contributed by atoms with van der Waals surface area (Å²) in [7, 11) is -3.75. The Morgan fingerprint density at radius 3 is 1.70 bits per heavy atom. The Labute approximate surface area is 58.9 Å². The summed E-state index contributed by atoms with van der Waals surface area (Å²) in [5.74, 6) is 0. The normalized spacial score (nSPS) is 12.7.